The summed E-state index contributed by atoms with van der Waals surface area (Å²) in [6.45, 7) is 10.4. The van der Waals surface area contributed by atoms with E-state index in [1.165, 1.54) is 11.1 Å². The molecule has 1 aliphatic rings. The maximum absolute atomic E-state index is 5.96. The third-order valence-corrected chi connectivity index (χ3v) is 4.38. The van der Waals surface area contributed by atoms with Gasteiger partial charge in [0.15, 0.2) is 0 Å². The van der Waals surface area contributed by atoms with Crippen molar-refractivity contribution in [1.82, 2.24) is 0 Å². The van der Waals surface area contributed by atoms with E-state index in [4.69, 9.17) is 14.7 Å². The Bertz CT molecular complexity index is 730. The molecule has 1 atom stereocenters. The molecule has 3 nitrogen and oxygen atoms in total. The normalized spacial score (nSPS) is 19.8. The summed E-state index contributed by atoms with van der Waals surface area (Å²) in [6, 6.07) is 12.5. The van der Waals surface area contributed by atoms with Crippen LogP contribution in [0.15, 0.2) is 46.4 Å². The van der Waals surface area contributed by atoms with Gasteiger partial charge in [0.2, 0.25) is 5.90 Å². The molecule has 4 heteroatoms. The van der Waals surface area contributed by atoms with Crippen molar-refractivity contribution < 1.29 is 21.2 Å². The molecule has 1 saturated heterocycles. The van der Waals surface area contributed by atoms with Crippen molar-refractivity contribution in [3.8, 4) is 0 Å². The molecule has 0 N–H and O–H groups in total. The minimum Gasteiger partial charge on any atom is -0.473 e. The second-order valence-corrected chi connectivity index (χ2v) is 6.59. The van der Waals surface area contributed by atoms with Crippen LogP contribution >= 0.6 is 0 Å². The Morgan fingerprint density at radius 1 is 0.800 bits per heavy atom. The van der Waals surface area contributed by atoms with Crippen molar-refractivity contribution in [2.24, 2.45) is 9.98 Å². The molecule has 0 radical (unpaired) electrons. The van der Waals surface area contributed by atoms with E-state index in [1.807, 2.05) is 0 Å². The van der Waals surface area contributed by atoms with Gasteiger partial charge in [-0.05, 0) is 56.9 Å². The average Bonchev–Trinajstić information content (AvgIpc) is 2.87. The molecule has 3 rings (SSSR count). The Labute approximate surface area is 160 Å². The van der Waals surface area contributed by atoms with Gasteiger partial charge in [-0.1, -0.05) is 36.4 Å². The molecule has 134 valence electrons. The standard InChI is InChI=1S/C21H24N2O.Ni/c1-13-8-6-9-14(2)19(13)22-18-12-17(5)24-21(18)23-20-15(3)10-7-11-16(20)4;/h6-11,17H,12H2,1-5H3;. The van der Waals surface area contributed by atoms with Crippen LogP contribution in [-0.4, -0.2) is 17.7 Å². The molecule has 0 bridgehead atoms. The number of aryl methyl sites for hydroxylation is 4. The van der Waals surface area contributed by atoms with Crippen LogP contribution in [0.25, 0.3) is 0 Å². The van der Waals surface area contributed by atoms with Gasteiger partial charge in [-0.3, -0.25) is 0 Å². The van der Waals surface area contributed by atoms with Gasteiger partial charge in [0.1, 0.15) is 11.8 Å². The van der Waals surface area contributed by atoms with Crippen LogP contribution in [0.1, 0.15) is 35.6 Å². The molecule has 1 aliphatic heterocycles. The molecule has 0 aromatic heterocycles. The number of aliphatic imine (C=N–C) groups is 2. The first-order valence-corrected chi connectivity index (χ1v) is 8.41. The van der Waals surface area contributed by atoms with Gasteiger partial charge in [-0.25, -0.2) is 9.98 Å². The Hall–Kier alpha value is -1.93. The van der Waals surface area contributed by atoms with E-state index in [9.17, 15) is 0 Å². The first-order chi connectivity index (χ1) is 11.5. The minimum atomic E-state index is 0. The zero-order valence-corrected chi connectivity index (χ0v) is 16.4. The van der Waals surface area contributed by atoms with Gasteiger partial charge in [-0.2, -0.15) is 0 Å². The third kappa shape index (κ3) is 4.19. The largest absolute Gasteiger partial charge is 0.473 e. The molecule has 2 aromatic rings. The number of hydrogen-bond acceptors (Lipinski definition) is 3. The second-order valence-electron chi connectivity index (χ2n) is 6.59. The van der Waals surface area contributed by atoms with Crippen LogP contribution in [0.3, 0.4) is 0 Å². The van der Waals surface area contributed by atoms with Crippen molar-refractivity contribution in [3.63, 3.8) is 0 Å². The predicted octanol–water partition coefficient (Wildman–Crippen LogP) is 5.53. The summed E-state index contributed by atoms with van der Waals surface area (Å²) >= 11 is 0. The van der Waals surface area contributed by atoms with Crippen molar-refractivity contribution in [3.05, 3.63) is 58.7 Å². The van der Waals surface area contributed by atoms with Gasteiger partial charge in [-0.15, -0.1) is 0 Å². The van der Waals surface area contributed by atoms with E-state index < -0.39 is 0 Å². The third-order valence-electron chi connectivity index (χ3n) is 4.38. The van der Waals surface area contributed by atoms with E-state index in [2.05, 4.69) is 71.0 Å². The van der Waals surface area contributed by atoms with Gasteiger partial charge in [0, 0.05) is 22.9 Å². The van der Waals surface area contributed by atoms with E-state index in [1.54, 1.807) is 0 Å². The number of benzene rings is 2. The van der Waals surface area contributed by atoms with E-state index >= 15 is 0 Å². The predicted molar refractivity (Wildman–Crippen MR) is 101 cm³/mol. The maximum atomic E-state index is 5.96. The summed E-state index contributed by atoms with van der Waals surface area (Å²) in [5.74, 6) is 0.655. The SMILES string of the molecule is Cc1cccc(C)c1N=C1CC(C)OC1=Nc1c(C)cccc1C.[Ni]. The maximum Gasteiger partial charge on any atom is 0.236 e. The summed E-state index contributed by atoms with van der Waals surface area (Å²) in [6.07, 6.45) is 0.897. The topological polar surface area (TPSA) is 34.0 Å². The van der Waals surface area contributed by atoms with Crippen molar-refractivity contribution >= 4 is 23.0 Å². The molecule has 0 spiro atoms. The van der Waals surface area contributed by atoms with E-state index in [-0.39, 0.29) is 22.6 Å². The molecule has 1 heterocycles. The molecule has 2 aromatic carbocycles. The van der Waals surface area contributed by atoms with Crippen LogP contribution in [0.5, 0.6) is 0 Å². The van der Waals surface area contributed by atoms with Gasteiger partial charge in [0.05, 0.1) is 11.4 Å². The minimum absolute atomic E-state index is 0. The van der Waals surface area contributed by atoms with Gasteiger partial charge in [0.25, 0.3) is 0 Å². The summed E-state index contributed by atoms with van der Waals surface area (Å²) in [5, 5.41) is 0. The zero-order chi connectivity index (χ0) is 17.3. The van der Waals surface area contributed by atoms with Crippen molar-refractivity contribution in [1.29, 1.82) is 0 Å². The molecule has 1 unspecified atom stereocenters. The smallest absolute Gasteiger partial charge is 0.236 e. The molecular formula is C21H24N2NiO. The fourth-order valence-electron chi connectivity index (χ4n) is 3.04. The Morgan fingerprint density at radius 3 is 1.72 bits per heavy atom. The number of rotatable bonds is 2. The van der Waals surface area contributed by atoms with E-state index in [0.717, 1.165) is 34.6 Å². The van der Waals surface area contributed by atoms with Crippen molar-refractivity contribution in [2.75, 3.05) is 0 Å². The number of nitrogens with zero attached hydrogens (tertiary/aromatic N) is 2. The van der Waals surface area contributed by atoms with Crippen LogP contribution in [0, 0.1) is 27.7 Å². The fraction of sp³-hybridized carbons (Fsp3) is 0.333. The van der Waals surface area contributed by atoms with Crippen LogP contribution in [0.4, 0.5) is 11.4 Å². The number of ether oxygens (including phenoxy) is 1. The van der Waals surface area contributed by atoms with Gasteiger partial charge < -0.3 is 4.74 Å². The van der Waals surface area contributed by atoms with Crippen LogP contribution < -0.4 is 0 Å². The molecule has 0 saturated carbocycles. The van der Waals surface area contributed by atoms with Gasteiger partial charge >= 0.3 is 0 Å². The summed E-state index contributed by atoms with van der Waals surface area (Å²) < 4.78 is 5.96. The summed E-state index contributed by atoms with van der Waals surface area (Å²) in [4.78, 5) is 9.71. The number of para-hydroxylation sites is 2. The molecular weight excluding hydrogens is 355 g/mol. The summed E-state index contributed by atoms with van der Waals surface area (Å²) in [5.41, 5.74) is 7.59. The molecule has 25 heavy (non-hydrogen) atoms. The first-order valence-electron chi connectivity index (χ1n) is 8.41. The van der Waals surface area contributed by atoms with Crippen molar-refractivity contribution in [2.45, 2.75) is 47.1 Å². The molecule has 0 amide bonds. The van der Waals surface area contributed by atoms with Crippen LogP contribution in [-0.2, 0) is 21.2 Å². The zero-order valence-electron chi connectivity index (χ0n) is 15.4. The molecule has 0 aliphatic carbocycles. The number of hydrogen-bond donors (Lipinski definition) is 0. The fourth-order valence-corrected chi connectivity index (χ4v) is 3.04. The van der Waals surface area contributed by atoms with Crippen LogP contribution in [0.2, 0.25) is 0 Å². The Kier molecular flexibility index (Phi) is 6.18. The first kappa shape index (κ1) is 19.4. The monoisotopic (exact) mass is 378 g/mol. The second kappa shape index (κ2) is 7.97. The Balaban J connectivity index is 0.00000225. The average molecular weight is 379 g/mol. The quantitative estimate of drug-likeness (QED) is 0.632. The Morgan fingerprint density at radius 2 is 1.24 bits per heavy atom. The summed E-state index contributed by atoms with van der Waals surface area (Å²) in [7, 11) is 0. The molecule has 1 fully saturated rings. The van der Waals surface area contributed by atoms with E-state index in [0.29, 0.717) is 5.90 Å².